The van der Waals surface area contributed by atoms with E-state index in [4.69, 9.17) is 4.42 Å². The standard InChI is InChI=1S/C10H10NO.BF4/c1-2-4-10(5-3-1)8-11-6-7-12-9-11;2-1(3,4)5/h1-7,9H,8H2;/q+1;-1. The third kappa shape index (κ3) is 7.16. The Hall–Kier alpha value is -1.79. The molecule has 0 unspecified atom stereocenters. The summed E-state index contributed by atoms with van der Waals surface area (Å²) in [6, 6.07) is 10.3. The Kier molecular flexibility index (Phi) is 4.75. The number of rotatable bonds is 2. The van der Waals surface area contributed by atoms with Crippen LogP contribution in [0.2, 0.25) is 0 Å². The van der Waals surface area contributed by atoms with E-state index >= 15 is 0 Å². The van der Waals surface area contributed by atoms with Crippen molar-refractivity contribution < 1.29 is 26.2 Å². The van der Waals surface area contributed by atoms with E-state index in [0.29, 0.717) is 0 Å². The molecule has 0 spiro atoms. The minimum absolute atomic E-state index is 0.872. The molecule has 0 fully saturated rings. The third-order valence-electron chi connectivity index (χ3n) is 1.74. The Bertz CT molecular complexity index is 410. The van der Waals surface area contributed by atoms with Crippen LogP contribution in [0.4, 0.5) is 17.3 Å². The molecule has 7 heteroatoms. The molecule has 0 aliphatic carbocycles. The molecule has 0 saturated heterocycles. The second-order valence-electron chi connectivity index (χ2n) is 3.18. The average Bonchev–Trinajstić information content (AvgIpc) is 2.69. The highest BCUT2D eigenvalue weighted by molar-refractivity contribution is 6.50. The fourth-order valence-electron chi connectivity index (χ4n) is 1.15. The van der Waals surface area contributed by atoms with Crippen molar-refractivity contribution in [2.24, 2.45) is 0 Å². The topological polar surface area (TPSA) is 17.0 Å². The molecule has 0 amide bonds. The van der Waals surface area contributed by atoms with E-state index in [1.807, 2.05) is 29.0 Å². The highest BCUT2D eigenvalue weighted by Crippen LogP contribution is 2.06. The predicted octanol–water partition coefficient (Wildman–Crippen LogP) is 2.92. The van der Waals surface area contributed by atoms with E-state index in [-0.39, 0.29) is 0 Å². The molecule has 0 N–H and O–H groups in total. The van der Waals surface area contributed by atoms with E-state index in [1.54, 1.807) is 12.7 Å². The van der Waals surface area contributed by atoms with Crippen molar-refractivity contribution >= 4 is 7.25 Å². The molecule has 1 heterocycles. The summed E-state index contributed by atoms with van der Waals surface area (Å²) >= 11 is 0. The van der Waals surface area contributed by atoms with E-state index < -0.39 is 7.25 Å². The fourth-order valence-corrected chi connectivity index (χ4v) is 1.15. The van der Waals surface area contributed by atoms with Crippen LogP contribution in [0.15, 0.2) is 53.6 Å². The van der Waals surface area contributed by atoms with Crippen LogP contribution in [0.1, 0.15) is 5.56 Å². The zero-order valence-corrected chi connectivity index (χ0v) is 8.77. The number of halogens is 4. The first-order valence-electron chi connectivity index (χ1n) is 4.77. The smallest absolute Gasteiger partial charge is 0.418 e. The van der Waals surface area contributed by atoms with Gasteiger partial charge in [-0.3, -0.25) is 0 Å². The van der Waals surface area contributed by atoms with Crippen molar-refractivity contribution in [2.75, 3.05) is 0 Å². The largest absolute Gasteiger partial charge is 0.673 e. The Morgan fingerprint density at radius 1 is 1.06 bits per heavy atom. The van der Waals surface area contributed by atoms with Crippen molar-refractivity contribution in [3.8, 4) is 0 Å². The summed E-state index contributed by atoms with van der Waals surface area (Å²) < 4.78 is 45.9. The van der Waals surface area contributed by atoms with E-state index in [0.717, 1.165) is 6.54 Å². The molecular weight excluding hydrogens is 237 g/mol. The van der Waals surface area contributed by atoms with Gasteiger partial charge in [0.2, 0.25) is 6.20 Å². The van der Waals surface area contributed by atoms with Crippen molar-refractivity contribution in [1.82, 2.24) is 0 Å². The normalized spacial score (nSPS) is 10.6. The van der Waals surface area contributed by atoms with Gasteiger partial charge in [0, 0.05) is 5.56 Å². The first-order valence-corrected chi connectivity index (χ1v) is 4.77. The van der Waals surface area contributed by atoms with Crippen molar-refractivity contribution in [1.29, 1.82) is 0 Å². The summed E-state index contributed by atoms with van der Waals surface area (Å²) in [7, 11) is -6.00. The predicted molar refractivity (Wildman–Crippen MR) is 54.6 cm³/mol. The number of aromatic nitrogens is 1. The third-order valence-corrected chi connectivity index (χ3v) is 1.74. The maximum absolute atomic E-state index is 9.75. The molecule has 0 bridgehead atoms. The van der Waals surface area contributed by atoms with Crippen LogP contribution in [0.25, 0.3) is 0 Å². The van der Waals surface area contributed by atoms with Gasteiger partial charge in [-0.1, -0.05) is 30.3 Å². The Morgan fingerprint density at radius 2 is 1.65 bits per heavy atom. The lowest BCUT2D eigenvalue weighted by Gasteiger charge is -1.94. The Labute approximate surface area is 95.6 Å². The number of hydrogen-bond donors (Lipinski definition) is 0. The van der Waals surface area contributed by atoms with Gasteiger partial charge in [-0.25, -0.2) is 0 Å². The highest BCUT2D eigenvalue weighted by Gasteiger charge is 2.20. The van der Waals surface area contributed by atoms with Crippen molar-refractivity contribution in [2.45, 2.75) is 6.54 Å². The zero-order valence-electron chi connectivity index (χ0n) is 8.77. The van der Waals surface area contributed by atoms with Gasteiger partial charge in [0.05, 0.1) is 0 Å². The maximum atomic E-state index is 9.75. The molecule has 1 aromatic heterocycles. The molecule has 2 aromatic rings. The van der Waals surface area contributed by atoms with E-state index in [9.17, 15) is 17.3 Å². The van der Waals surface area contributed by atoms with E-state index in [1.165, 1.54) is 5.56 Å². The lowest BCUT2D eigenvalue weighted by atomic mass is 10.2. The van der Waals surface area contributed by atoms with Gasteiger partial charge < -0.3 is 21.7 Å². The van der Waals surface area contributed by atoms with Crippen LogP contribution >= 0.6 is 0 Å². The van der Waals surface area contributed by atoms with Crippen LogP contribution in [0, 0.1) is 0 Å². The number of nitrogens with zero attached hydrogens (tertiary/aromatic N) is 1. The summed E-state index contributed by atoms with van der Waals surface area (Å²) in [5.74, 6) is 0. The van der Waals surface area contributed by atoms with Crippen LogP contribution in [0.5, 0.6) is 0 Å². The summed E-state index contributed by atoms with van der Waals surface area (Å²) in [5, 5.41) is 0. The molecule has 92 valence electrons. The SMILES string of the molecule is F[B-](F)(F)F.c1ccc(C[n+]2ccoc2)cc1. The first-order chi connectivity index (χ1) is 7.95. The maximum Gasteiger partial charge on any atom is 0.673 e. The molecule has 1 aromatic carbocycles. The Morgan fingerprint density at radius 3 is 2.12 bits per heavy atom. The molecule has 0 aliphatic heterocycles. The summed E-state index contributed by atoms with van der Waals surface area (Å²) in [5.41, 5.74) is 1.28. The van der Waals surface area contributed by atoms with Gasteiger partial charge in [0.1, 0.15) is 0 Å². The van der Waals surface area contributed by atoms with Crippen LogP contribution in [-0.2, 0) is 6.54 Å². The van der Waals surface area contributed by atoms with Crippen LogP contribution in [0.3, 0.4) is 0 Å². The van der Waals surface area contributed by atoms with Crippen LogP contribution < -0.4 is 4.57 Å². The highest BCUT2D eigenvalue weighted by atomic mass is 19.5. The molecule has 0 radical (unpaired) electrons. The van der Waals surface area contributed by atoms with Gasteiger partial charge >= 0.3 is 13.6 Å². The lowest BCUT2D eigenvalue weighted by molar-refractivity contribution is -0.691. The van der Waals surface area contributed by atoms with Gasteiger partial charge in [0.15, 0.2) is 12.8 Å². The van der Waals surface area contributed by atoms with Gasteiger partial charge in [0.25, 0.3) is 0 Å². The van der Waals surface area contributed by atoms with E-state index in [2.05, 4.69) is 12.1 Å². The van der Waals surface area contributed by atoms with Gasteiger partial charge in [-0.05, 0) is 0 Å². The molecule has 0 saturated carbocycles. The average molecular weight is 247 g/mol. The first kappa shape index (κ1) is 13.3. The number of oxazole rings is 1. The fraction of sp³-hybridized carbons (Fsp3) is 0.100. The Balaban J connectivity index is 0.000000249. The lowest BCUT2D eigenvalue weighted by Crippen LogP contribution is -2.30. The molecule has 2 nitrogen and oxygen atoms in total. The molecular formula is C10H10BF4NO. The summed E-state index contributed by atoms with van der Waals surface area (Å²) in [4.78, 5) is 0. The number of hydrogen-bond acceptors (Lipinski definition) is 1. The summed E-state index contributed by atoms with van der Waals surface area (Å²) in [6.07, 6.45) is 5.28. The number of benzene rings is 1. The zero-order chi connectivity index (χ0) is 12.7. The second-order valence-corrected chi connectivity index (χ2v) is 3.18. The quantitative estimate of drug-likeness (QED) is 0.453. The molecule has 0 atom stereocenters. The van der Waals surface area contributed by atoms with Gasteiger partial charge in [-0.2, -0.15) is 4.57 Å². The monoisotopic (exact) mass is 247 g/mol. The van der Waals surface area contributed by atoms with Crippen molar-refractivity contribution in [3.63, 3.8) is 0 Å². The van der Waals surface area contributed by atoms with Gasteiger partial charge in [-0.15, -0.1) is 0 Å². The second kappa shape index (κ2) is 6.07. The molecule has 0 aliphatic rings. The molecule has 2 rings (SSSR count). The van der Waals surface area contributed by atoms with Crippen LogP contribution in [-0.4, -0.2) is 7.25 Å². The minimum Gasteiger partial charge on any atom is -0.418 e. The van der Waals surface area contributed by atoms with Crippen molar-refractivity contribution in [3.05, 3.63) is 54.7 Å². The minimum atomic E-state index is -6.00. The summed E-state index contributed by atoms with van der Waals surface area (Å²) in [6.45, 7) is 0.872. The molecule has 17 heavy (non-hydrogen) atoms.